The summed E-state index contributed by atoms with van der Waals surface area (Å²) >= 11 is 0.509. The molecule has 0 aliphatic rings. The minimum absolute atomic E-state index is 0. The summed E-state index contributed by atoms with van der Waals surface area (Å²) in [5.74, 6) is 1.12. The van der Waals surface area contributed by atoms with E-state index in [0.717, 1.165) is 4.31 Å². The number of nitrogens with one attached hydrogen (secondary N) is 1. The molecule has 0 saturated heterocycles. The van der Waals surface area contributed by atoms with Crippen LogP contribution in [-0.2, 0) is 4.28 Å². The van der Waals surface area contributed by atoms with Gasteiger partial charge in [0, 0.05) is 12.6 Å². The number of hydrogen-bond donors (Lipinski definition) is 1. The van der Waals surface area contributed by atoms with E-state index in [2.05, 4.69) is 30.8 Å². The van der Waals surface area contributed by atoms with Crippen molar-refractivity contribution in [2.45, 2.75) is 12.4 Å². The average Bonchev–Trinajstić information content (AvgIpc) is 2.70. The second-order valence-electron chi connectivity index (χ2n) is 5.62. The number of rotatable bonds is 9. The predicted molar refractivity (Wildman–Crippen MR) is 111 cm³/mol. The molecular weight excluding hydrogens is 486 g/mol. The lowest BCUT2D eigenvalue weighted by Gasteiger charge is -2.22. The molecule has 1 heterocycles. The number of nitrogens with zero attached hydrogens (tertiary/aromatic N) is 3. The number of benzene rings is 1. The summed E-state index contributed by atoms with van der Waals surface area (Å²) in [6.45, 7) is -3.45. The highest BCUT2D eigenvalue weighted by Gasteiger charge is 2.32. The van der Waals surface area contributed by atoms with Crippen LogP contribution in [0.5, 0.6) is 11.8 Å². The van der Waals surface area contributed by atoms with Gasteiger partial charge in [-0.1, -0.05) is 5.92 Å². The van der Waals surface area contributed by atoms with Crippen LogP contribution in [0.25, 0.3) is 0 Å². The normalized spacial score (nSPS) is 11.2. The van der Waals surface area contributed by atoms with E-state index in [0.29, 0.717) is 29.8 Å². The zero-order valence-corrected chi connectivity index (χ0v) is 17.9. The Morgan fingerprint density at radius 1 is 1.00 bits per heavy atom. The van der Waals surface area contributed by atoms with Gasteiger partial charge in [0.05, 0.1) is 5.69 Å². The highest BCUT2D eigenvalue weighted by molar-refractivity contribution is 7.96. The minimum atomic E-state index is -4.70. The van der Waals surface area contributed by atoms with Gasteiger partial charge in [0.1, 0.15) is 18.6 Å². The monoisotopic (exact) mass is 502 g/mol. The van der Waals surface area contributed by atoms with E-state index < -0.39 is 43.0 Å². The maximum atomic E-state index is 12.5. The third-order valence-corrected chi connectivity index (χ3v) is 3.74. The molecule has 1 aromatic heterocycles. The van der Waals surface area contributed by atoms with Gasteiger partial charge in [0.2, 0.25) is 11.8 Å². The second-order valence-corrected chi connectivity index (χ2v) is 6.48. The van der Waals surface area contributed by atoms with Gasteiger partial charge in [0.25, 0.3) is 0 Å². The SMILES string of the molecule is C#Cc1ccc(NOSN(C)c2c(OCC(F)(F)F)ncnc2OCC(F)(F)F)cc1.S. The van der Waals surface area contributed by atoms with Gasteiger partial charge in [-0.05, 0) is 24.3 Å². The van der Waals surface area contributed by atoms with Gasteiger partial charge in [-0.3, -0.25) is 9.79 Å². The number of anilines is 2. The maximum Gasteiger partial charge on any atom is 0.422 e. The molecule has 0 atom stereocenters. The number of aromatic nitrogens is 2. The minimum Gasteiger partial charge on any atom is -0.466 e. The highest BCUT2D eigenvalue weighted by Crippen LogP contribution is 2.38. The molecule has 0 bridgehead atoms. The van der Waals surface area contributed by atoms with E-state index in [1.807, 2.05) is 0 Å². The average molecular weight is 502 g/mol. The van der Waals surface area contributed by atoms with Crippen molar-refractivity contribution >= 4 is 37.1 Å². The van der Waals surface area contributed by atoms with Crippen molar-refractivity contribution in [2.24, 2.45) is 0 Å². The number of ether oxygens (including phenoxy) is 2. The Bertz CT molecular complexity index is 871. The van der Waals surface area contributed by atoms with E-state index in [-0.39, 0.29) is 13.5 Å². The fourth-order valence-corrected chi connectivity index (χ4v) is 2.40. The predicted octanol–water partition coefficient (Wildman–Crippen LogP) is 4.50. The van der Waals surface area contributed by atoms with Crippen molar-refractivity contribution in [3.63, 3.8) is 0 Å². The Balaban J connectivity index is 0.00000512. The van der Waals surface area contributed by atoms with E-state index in [1.54, 1.807) is 24.3 Å². The van der Waals surface area contributed by atoms with Gasteiger partial charge >= 0.3 is 12.4 Å². The summed E-state index contributed by atoms with van der Waals surface area (Å²) in [6.07, 6.45) is -3.45. The molecule has 0 aliphatic carbocycles. The second kappa shape index (κ2) is 11.8. The molecule has 32 heavy (non-hydrogen) atoms. The lowest BCUT2D eigenvalue weighted by molar-refractivity contribution is -0.154. The summed E-state index contributed by atoms with van der Waals surface area (Å²) in [6, 6.07) is 6.43. The van der Waals surface area contributed by atoms with Crippen LogP contribution in [0, 0.1) is 12.3 Å². The van der Waals surface area contributed by atoms with Crippen molar-refractivity contribution in [3.05, 3.63) is 36.2 Å². The van der Waals surface area contributed by atoms with Crippen LogP contribution >= 0.6 is 25.7 Å². The lowest BCUT2D eigenvalue weighted by Crippen LogP contribution is -2.23. The summed E-state index contributed by atoms with van der Waals surface area (Å²) < 4.78 is 90.4. The summed E-state index contributed by atoms with van der Waals surface area (Å²) in [4.78, 5) is 7.10. The molecule has 2 rings (SSSR count). The third-order valence-electron chi connectivity index (χ3n) is 3.18. The van der Waals surface area contributed by atoms with E-state index >= 15 is 0 Å². The van der Waals surface area contributed by atoms with Crippen LogP contribution in [0.2, 0.25) is 0 Å². The molecule has 176 valence electrons. The van der Waals surface area contributed by atoms with Gasteiger partial charge in [0.15, 0.2) is 18.9 Å². The number of terminal acetylenes is 1. The molecule has 1 N–H and O–H groups in total. The molecule has 0 aliphatic heterocycles. The number of hydrogen-bond acceptors (Lipinski definition) is 8. The van der Waals surface area contributed by atoms with Crippen LogP contribution in [0.1, 0.15) is 5.56 Å². The van der Waals surface area contributed by atoms with Gasteiger partial charge in [-0.2, -0.15) is 54.1 Å². The van der Waals surface area contributed by atoms with Crippen molar-refractivity contribution in [1.29, 1.82) is 0 Å². The van der Waals surface area contributed by atoms with Crippen LogP contribution in [0.15, 0.2) is 30.6 Å². The van der Waals surface area contributed by atoms with Crippen LogP contribution in [0.4, 0.5) is 37.7 Å². The zero-order chi connectivity index (χ0) is 23.1. The highest BCUT2D eigenvalue weighted by atomic mass is 32.2. The number of alkyl halides is 6. The maximum absolute atomic E-state index is 12.5. The zero-order valence-electron chi connectivity index (χ0n) is 16.1. The number of halogens is 6. The molecule has 1 aromatic carbocycles. The van der Waals surface area contributed by atoms with Crippen LogP contribution < -0.4 is 19.3 Å². The first-order valence-corrected chi connectivity index (χ1v) is 8.82. The Morgan fingerprint density at radius 2 is 1.50 bits per heavy atom. The molecular formula is C17H16F6N4O3S2. The van der Waals surface area contributed by atoms with Crippen LogP contribution in [0.3, 0.4) is 0 Å². The quantitative estimate of drug-likeness (QED) is 0.177. The first kappa shape index (κ1) is 27.3. The summed E-state index contributed by atoms with van der Waals surface area (Å²) in [5, 5.41) is 0. The van der Waals surface area contributed by atoms with Gasteiger partial charge in [-0.25, -0.2) is 0 Å². The molecule has 7 nitrogen and oxygen atoms in total. The Hall–Kier alpha value is -2.70. The molecule has 0 radical (unpaired) electrons. The van der Waals surface area contributed by atoms with Gasteiger partial charge in [-0.15, -0.1) is 6.42 Å². The fourth-order valence-electron chi connectivity index (χ4n) is 1.92. The van der Waals surface area contributed by atoms with Crippen molar-refractivity contribution < 1.29 is 40.1 Å². The van der Waals surface area contributed by atoms with Crippen LogP contribution in [-0.4, -0.2) is 42.6 Å². The molecule has 2 aromatic rings. The van der Waals surface area contributed by atoms with E-state index in [4.69, 9.17) is 10.7 Å². The molecule has 0 saturated carbocycles. The standard InChI is InChI=1S/C17H14F6N4O3S.H2S/c1-3-11-4-6-12(7-5-11)26-30-31-27(2)13-14(28-8-16(18,19)20)24-10-25-15(13)29-9-17(21,22)23;/h1,4-7,10,26H,8-9H2,2H3;1H2. The van der Waals surface area contributed by atoms with E-state index in [9.17, 15) is 26.3 Å². The first-order chi connectivity index (χ1) is 14.5. The Morgan fingerprint density at radius 3 is 1.94 bits per heavy atom. The lowest BCUT2D eigenvalue weighted by atomic mass is 10.2. The molecule has 0 fully saturated rings. The van der Waals surface area contributed by atoms with Crippen molar-refractivity contribution in [2.75, 3.05) is 30.0 Å². The first-order valence-electron chi connectivity index (χ1n) is 8.12. The van der Waals surface area contributed by atoms with Crippen molar-refractivity contribution in [3.8, 4) is 24.1 Å². The largest absolute Gasteiger partial charge is 0.466 e. The molecule has 15 heteroatoms. The molecule has 0 spiro atoms. The Kier molecular flexibility index (Phi) is 10.1. The van der Waals surface area contributed by atoms with E-state index in [1.165, 1.54) is 7.05 Å². The topological polar surface area (TPSA) is 68.7 Å². The van der Waals surface area contributed by atoms with Crippen molar-refractivity contribution in [1.82, 2.24) is 9.97 Å². The molecule has 0 amide bonds. The summed E-state index contributed by atoms with van der Waals surface area (Å²) in [7, 11) is 1.27. The fraction of sp³-hybridized carbons (Fsp3) is 0.294. The van der Waals surface area contributed by atoms with Gasteiger partial charge < -0.3 is 9.47 Å². The smallest absolute Gasteiger partial charge is 0.422 e. The molecule has 0 unspecified atom stereocenters. The third kappa shape index (κ3) is 9.20. The Labute approximate surface area is 190 Å². The summed E-state index contributed by atoms with van der Waals surface area (Å²) in [5.41, 5.74) is 3.22.